The maximum Gasteiger partial charge on any atom is 0.253 e. The highest BCUT2D eigenvalue weighted by molar-refractivity contribution is 6.33. The summed E-state index contributed by atoms with van der Waals surface area (Å²) in [4.78, 5) is 32.7. The van der Waals surface area contributed by atoms with Crippen LogP contribution in [0.2, 0.25) is 5.02 Å². The van der Waals surface area contributed by atoms with Crippen LogP contribution in [0, 0.1) is 0 Å². The number of pyridine rings is 1. The number of amides is 1. The van der Waals surface area contributed by atoms with Gasteiger partial charge in [0.2, 0.25) is 0 Å². The van der Waals surface area contributed by atoms with E-state index >= 15 is 0 Å². The summed E-state index contributed by atoms with van der Waals surface area (Å²) in [5.41, 5.74) is 5.60. The van der Waals surface area contributed by atoms with Crippen molar-refractivity contribution in [2.45, 2.75) is 38.3 Å². The van der Waals surface area contributed by atoms with Crippen molar-refractivity contribution >= 4 is 39.8 Å². The molecular weight excluding hydrogens is 462 g/mol. The molecule has 0 atom stereocenters. The average Bonchev–Trinajstić information content (AvgIpc) is 3.69. The van der Waals surface area contributed by atoms with Gasteiger partial charge in [-0.2, -0.15) is 0 Å². The van der Waals surface area contributed by atoms with Crippen LogP contribution in [0.25, 0.3) is 10.9 Å². The number of aromatic nitrogens is 1. The van der Waals surface area contributed by atoms with E-state index < -0.39 is 0 Å². The lowest BCUT2D eigenvalue weighted by Crippen LogP contribution is -2.46. The van der Waals surface area contributed by atoms with Gasteiger partial charge in [-0.3, -0.25) is 14.5 Å². The molecule has 3 N–H and O–H groups in total. The largest absolute Gasteiger partial charge is 0.384 e. The zero-order chi connectivity index (χ0) is 23.9. The first kappa shape index (κ1) is 22.4. The minimum atomic E-state index is -0.0428. The van der Waals surface area contributed by atoms with Gasteiger partial charge >= 0.3 is 0 Å². The Kier molecular flexibility index (Phi) is 5.90. The fourth-order valence-electron chi connectivity index (χ4n) is 5.21. The lowest BCUT2D eigenvalue weighted by atomic mass is 10.0. The number of piperazine rings is 1. The molecule has 7 nitrogen and oxygen atoms in total. The first-order valence-corrected chi connectivity index (χ1v) is 12.9. The molecular formula is C27H30ClN5O2. The third-order valence-corrected chi connectivity index (χ3v) is 7.63. The summed E-state index contributed by atoms with van der Waals surface area (Å²) in [6.07, 6.45) is 3.97. The molecule has 182 valence electrons. The van der Waals surface area contributed by atoms with Crippen molar-refractivity contribution in [3.63, 3.8) is 0 Å². The predicted octanol–water partition coefficient (Wildman–Crippen LogP) is 3.75. The van der Waals surface area contributed by atoms with E-state index in [4.69, 9.17) is 11.6 Å². The summed E-state index contributed by atoms with van der Waals surface area (Å²) < 4.78 is 0. The molecule has 2 aliphatic heterocycles. The van der Waals surface area contributed by atoms with E-state index in [0.717, 1.165) is 92.8 Å². The number of aromatic amines is 1. The molecule has 35 heavy (non-hydrogen) atoms. The van der Waals surface area contributed by atoms with E-state index in [1.165, 1.54) is 5.56 Å². The number of fused-ring (bicyclic) bond motifs is 3. The second kappa shape index (κ2) is 9.21. The van der Waals surface area contributed by atoms with Crippen LogP contribution < -0.4 is 21.1 Å². The van der Waals surface area contributed by atoms with Crippen LogP contribution in [0.1, 0.15) is 40.7 Å². The zero-order valence-corrected chi connectivity index (χ0v) is 20.5. The number of carbonyl (C=O) groups is 1. The van der Waals surface area contributed by atoms with E-state index in [1.54, 1.807) is 6.07 Å². The minimum Gasteiger partial charge on any atom is -0.384 e. The standard InChI is InChI=1S/C27H30ClN5O2/c28-22-15-18(26(34)30-19-5-6-19)4-8-24(22)33-12-10-32(11-13-33)16-17-3-7-20-23(14-17)31-27(35)21-2-1-9-29-25(20)21/h3-4,7-8,14-15,19,29H,1-2,5-6,9-13,16H2,(H,30,34)(H,31,35). The normalized spacial score (nSPS) is 18.3. The van der Waals surface area contributed by atoms with Gasteiger partial charge < -0.3 is 20.5 Å². The van der Waals surface area contributed by atoms with Gasteiger partial charge in [0.1, 0.15) is 0 Å². The summed E-state index contributed by atoms with van der Waals surface area (Å²) in [5, 5.41) is 8.15. The topological polar surface area (TPSA) is 80.5 Å². The predicted molar refractivity (Wildman–Crippen MR) is 141 cm³/mol. The number of benzene rings is 2. The zero-order valence-electron chi connectivity index (χ0n) is 19.7. The van der Waals surface area contributed by atoms with Crippen molar-refractivity contribution in [2.24, 2.45) is 0 Å². The number of hydrogen-bond donors (Lipinski definition) is 3. The number of H-pyrrole nitrogens is 1. The molecule has 0 unspecified atom stereocenters. The van der Waals surface area contributed by atoms with Crippen LogP contribution in [-0.4, -0.2) is 54.6 Å². The molecule has 3 aliphatic rings. The van der Waals surface area contributed by atoms with Gasteiger partial charge in [-0.15, -0.1) is 0 Å². The fraction of sp³-hybridized carbons (Fsp3) is 0.407. The van der Waals surface area contributed by atoms with E-state index in [1.807, 2.05) is 12.1 Å². The third-order valence-electron chi connectivity index (χ3n) is 7.32. The van der Waals surface area contributed by atoms with Gasteiger partial charge in [-0.25, -0.2) is 0 Å². The molecule has 1 aromatic heterocycles. The van der Waals surface area contributed by atoms with Crippen molar-refractivity contribution in [2.75, 3.05) is 42.9 Å². The molecule has 0 radical (unpaired) electrons. The van der Waals surface area contributed by atoms with Crippen LogP contribution in [-0.2, 0) is 13.0 Å². The summed E-state index contributed by atoms with van der Waals surface area (Å²) in [5.74, 6) is -0.0428. The third kappa shape index (κ3) is 4.62. The van der Waals surface area contributed by atoms with Gasteiger partial charge in [-0.05, 0) is 55.5 Å². The molecule has 1 amide bonds. The molecule has 2 aromatic carbocycles. The molecule has 1 saturated heterocycles. The Bertz CT molecular complexity index is 1340. The van der Waals surface area contributed by atoms with Crippen LogP contribution >= 0.6 is 11.6 Å². The van der Waals surface area contributed by atoms with Crippen molar-refractivity contribution in [1.29, 1.82) is 0 Å². The molecule has 0 bridgehead atoms. The van der Waals surface area contributed by atoms with Crippen molar-refractivity contribution in [3.8, 4) is 0 Å². The highest BCUT2D eigenvalue weighted by Crippen LogP contribution is 2.30. The summed E-state index contributed by atoms with van der Waals surface area (Å²) in [7, 11) is 0. The van der Waals surface area contributed by atoms with Crippen molar-refractivity contribution < 1.29 is 4.79 Å². The Balaban J connectivity index is 1.11. The molecule has 1 saturated carbocycles. The maximum absolute atomic E-state index is 12.5. The Morgan fingerprint density at radius 3 is 2.69 bits per heavy atom. The number of nitrogens with one attached hydrogen (secondary N) is 3. The van der Waals surface area contributed by atoms with E-state index in [2.05, 4.69) is 43.6 Å². The smallest absolute Gasteiger partial charge is 0.253 e. The lowest BCUT2D eigenvalue weighted by molar-refractivity contribution is 0.0951. The van der Waals surface area contributed by atoms with E-state index in [0.29, 0.717) is 16.6 Å². The lowest BCUT2D eigenvalue weighted by Gasteiger charge is -2.36. The Hall–Kier alpha value is -3.03. The van der Waals surface area contributed by atoms with E-state index in [9.17, 15) is 9.59 Å². The second-order valence-electron chi connectivity index (χ2n) is 9.90. The number of rotatable bonds is 5. The van der Waals surface area contributed by atoms with Gasteiger partial charge in [0, 0.05) is 61.8 Å². The summed E-state index contributed by atoms with van der Waals surface area (Å²) in [6.45, 7) is 5.33. The SMILES string of the molecule is O=C(NC1CC1)c1ccc(N2CCN(Cc3ccc4c5c(c(=O)[nH]c4c3)CCCN5)CC2)c(Cl)c1. The van der Waals surface area contributed by atoms with Crippen LogP contribution in [0.15, 0.2) is 41.2 Å². The minimum absolute atomic E-state index is 0.0263. The maximum atomic E-state index is 12.5. The van der Waals surface area contributed by atoms with Crippen LogP contribution in [0.5, 0.6) is 0 Å². The first-order chi connectivity index (χ1) is 17.0. The Morgan fingerprint density at radius 1 is 1.09 bits per heavy atom. The molecule has 3 heterocycles. The molecule has 3 aromatic rings. The molecule has 2 fully saturated rings. The summed E-state index contributed by atoms with van der Waals surface area (Å²) >= 11 is 6.57. The van der Waals surface area contributed by atoms with Crippen molar-refractivity contribution in [3.05, 3.63) is 68.5 Å². The second-order valence-corrected chi connectivity index (χ2v) is 10.3. The Labute approximate surface area is 209 Å². The van der Waals surface area contributed by atoms with Crippen LogP contribution in [0.4, 0.5) is 11.4 Å². The van der Waals surface area contributed by atoms with Gasteiger partial charge in [0.05, 0.1) is 21.9 Å². The summed E-state index contributed by atoms with van der Waals surface area (Å²) in [6, 6.07) is 12.4. The average molecular weight is 492 g/mol. The molecule has 0 spiro atoms. The number of halogens is 1. The molecule has 1 aliphatic carbocycles. The first-order valence-electron chi connectivity index (χ1n) is 12.5. The number of carbonyl (C=O) groups excluding carboxylic acids is 1. The Morgan fingerprint density at radius 2 is 1.91 bits per heavy atom. The monoisotopic (exact) mass is 491 g/mol. The molecule has 6 rings (SSSR count). The number of anilines is 2. The number of nitrogens with zero attached hydrogens (tertiary/aromatic N) is 2. The molecule has 8 heteroatoms. The van der Waals surface area contributed by atoms with Gasteiger partial charge in [0.15, 0.2) is 0 Å². The van der Waals surface area contributed by atoms with Crippen molar-refractivity contribution in [1.82, 2.24) is 15.2 Å². The fourth-order valence-corrected chi connectivity index (χ4v) is 5.51. The van der Waals surface area contributed by atoms with E-state index in [-0.39, 0.29) is 11.5 Å². The van der Waals surface area contributed by atoms with Gasteiger partial charge in [-0.1, -0.05) is 23.7 Å². The highest BCUT2D eigenvalue weighted by Gasteiger charge is 2.25. The highest BCUT2D eigenvalue weighted by atomic mass is 35.5. The quantitative estimate of drug-likeness (QED) is 0.506. The van der Waals surface area contributed by atoms with Crippen LogP contribution in [0.3, 0.4) is 0 Å². The van der Waals surface area contributed by atoms with Gasteiger partial charge in [0.25, 0.3) is 11.5 Å². The number of hydrogen-bond acceptors (Lipinski definition) is 5.